The number of methoxy groups -OCH3 is 4. The number of anilines is 1. The molecule has 9 nitrogen and oxygen atoms in total. The van der Waals surface area contributed by atoms with Crippen LogP contribution in [0.3, 0.4) is 0 Å². The molecule has 2 aromatic rings. The molecule has 0 spiro atoms. The first-order chi connectivity index (χ1) is 14.6. The average Bonchev–Trinajstić information content (AvgIpc) is 2.75. The normalized spacial score (nSPS) is 11.9. The minimum atomic E-state index is -3.78. The van der Waals surface area contributed by atoms with Crippen molar-refractivity contribution in [1.82, 2.24) is 5.32 Å². The van der Waals surface area contributed by atoms with Crippen molar-refractivity contribution in [2.24, 2.45) is 0 Å². The highest BCUT2D eigenvalue weighted by atomic mass is 32.2. The number of amides is 1. The van der Waals surface area contributed by atoms with E-state index in [1.165, 1.54) is 27.4 Å². The van der Waals surface area contributed by atoms with Crippen molar-refractivity contribution in [1.29, 1.82) is 0 Å². The topological polar surface area (TPSA) is 103 Å². The lowest BCUT2D eigenvalue weighted by atomic mass is 10.1. The molecule has 0 aliphatic heterocycles. The van der Waals surface area contributed by atoms with Crippen LogP contribution in [0, 0.1) is 0 Å². The summed E-state index contributed by atoms with van der Waals surface area (Å²) in [6, 6.07) is 9.45. The van der Waals surface area contributed by atoms with Crippen LogP contribution in [-0.4, -0.2) is 55.6 Å². The zero-order valence-electron chi connectivity index (χ0n) is 18.5. The van der Waals surface area contributed by atoms with Gasteiger partial charge in [-0.3, -0.25) is 9.10 Å². The van der Waals surface area contributed by atoms with Crippen molar-refractivity contribution in [3.05, 3.63) is 42.0 Å². The Bertz CT molecular complexity index is 1020. The summed E-state index contributed by atoms with van der Waals surface area (Å²) in [5, 5.41) is 2.81. The molecule has 0 aliphatic carbocycles. The summed E-state index contributed by atoms with van der Waals surface area (Å²) in [7, 11) is 2.19. The van der Waals surface area contributed by atoms with Crippen LogP contribution >= 0.6 is 0 Å². The molecule has 0 aliphatic rings. The summed E-state index contributed by atoms with van der Waals surface area (Å²) in [4.78, 5) is 12.8. The van der Waals surface area contributed by atoms with Crippen LogP contribution in [0.15, 0.2) is 36.4 Å². The second kappa shape index (κ2) is 10.3. The monoisotopic (exact) mass is 452 g/mol. The SMILES string of the molecule is COc1ccc(N(CC(=O)N[C@@H](C)c2cc(OC)ccc2OC)S(C)(=O)=O)c(OC)c1. The van der Waals surface area contributed by atoms with Crippen LogP contribution in [0.1, 0.15) is 18.5 Å². The predicted octanol–water partition coefficient (Wildman–Crippen LogP) is 2.36. The van der Waals surface area contributed by atoms with Crippen molar-refractivity contribution in [2.45, 2.75) is 13.0 Å². The molecule has 0 radical (unpaired) electrons. The van der Waals surface area contributed by atoms with Gasteiger partial charge in [0.1, 0.15) is 29.5 Å². The number of carbonyl (C=O) groups is 1. The number of sulfonamides is 1. The molecule has 0 bridgehead atoms. The fourth-order valence-electron chi connectivity index (χ4n) is 3.05. The number of benzene rings is 2. The van der Waals surface area contributed by atoms with E-state index in [2.05, 4.69) is 5.32 Å². The molecule has 0 unspecified atom stereocenters. The van der Waals surface area contributed by atoms with Crippen molar-refractivity contribution in [3.63, 3.8) is 0 Å². The van der Waals surface area contributed by atoms with Gasteiger partial charge in [-0.1, -0.05) is 0 Å². The molecule has 0 saturated carbocycles. The number of nitrogens with zero attached hydrogens (tertiary/aromatic N) is 1. The maximum absolute atomic E-state index is 12.8. The molecular formula is C21H28N2O7S. The minimum Gasteiger partial charge on any atom is -0.497 e. The smallest absolute Gasteiger partial charge is 0.241 e. The summed E-state index contributed by atoms with van der Waals surface area (Å²) in [5.74, 6) is 1.45. The second-order valence-corrected chi connectivity index (χ2v) is 8.61. The number of carbonyl (C=O) groups excluding carboxylic acids is 1. The van der Waals surface area contributed by atoms with Gasteiger partial charge in [0, 0.05) is 11.6 Å². The van der Waals surface area contributed by atoms with E-state index in [1.807, 2.05) is 0 Å². The summed E-state index contributed by atoms with van der Waals surface area (Å²) >= 11 is 0. The first-order valence-electron chi connectivity index (χ1n) is 9.35. The van der Waals surface area contributed by atoms with Gasteiger partial charge in [-0.25, -0.2) is 8.42 Å². The van der Waals surface area contributed by atoms with Gasteiger partial charge in [0.05, 0.1) is 46.4 Å². The van der Waals surface area contributed by atoms with E-state index in [1.54, 1.807) is 44.4 Å². The van der Waals surface area contributed by atoms with Crippen molar-refractivity contribution in [3.8, 4) is 23.0 Å². The molecule has 0 aromatic heterocycles. The summed E-state index contributed by atoms with van der Waals surface area (Å²) in [6.07, 6.45) is 1.03. The van der Waals surface area contributed by atoms with Crippen LogP contribution in [0.5, 0.6) is 23.0 Å². The first-order valence-corrected chi connectivity index (χ1v) is 11.2. The zero-order chi connectivity index (χ0) is 23.2. The maximum atomic E-state index is 12.8. The molecule has 1 N–H and O–H groups in total. The highest BCUT2D eigenvalue weighted by Gasteiger charge is 2.25. The molecule has 10 heteroatoms. The third-order valence-electron chi connectivity index (χ3n) is 4.62. The lowest BCUT2D eigenvalue weighted by Crippen LogP contribution is -2.41. The lowest BCUT2D eigenvalue weighted by molar-refractivity contribution is -0.120. The maximum Gasteiger partial charge on any atom is 0.241 e. The van der Waals surface area contributed by atoms with E-state index in [4.69, 9.17) is 18.9 Å². The van der Waals surface area contributed by atoms with Gasteiger partial charge in [-0.05, 0) is 37.3 Å². The van der Waals surface area contributed by atoms with Gasteiger partial charge in [-0.2, -0.15) is 0 Å². The molecule has 0 heterocycles. The molecule has 0 saturated heterocycles. The number of rotatable bonds is 10. The Labute approximate surface area is 182 Å². The molecule has 2 aromatic carbocycles. The van der Waals surface area contributed by atoms with E-state index >= 15 is 0 Å². The van der Waals surface area contributed by atoms with Crippen molar-refractivity contribution in [2.75, 3.05) is 45.5 Å². The highest BCUT2D eigenvalue weighted by Crippen LogP contribution is 2.34. The third kappa shape index (κ3) is 5.94. The van der Waals surface area contributed by atoms with Crippen LogP contribution in [0.25, 0.3) is 0 Å². The number of hydrogen-bond acceptors (Lipinski definition) is 7. The van der Waals surface area contributed by atoms with Gasteiger partial charge in [-0.15, -0.1) is 0 Å². The second-order valence-electron chi connectivity index (χ2n) is 6.70. The predicted molar refractivity (Wildman–Crippen MR) is 118 cm³/mol. The van der Waals surface area contributed by atoms with Crippen LogP contribution in [0.2, 0.25) is 0 Å². The molecule has 31 heavy (non-hydrogen) atoms. The Balaban J connectivity index is 2.29. The zero-order valence-corrected chi connectivity index (χ0v) is 19.3. The Morgan fingerprint density at radius 2 is 1.52 bits per heavy atom. The standard InChI is InChI=1S/C21H28N2O7S/c1-14(17-11-15(27-2)8-10-19(17)29-4)22-21(24)13-23(31(6,25)26)18-9-7-16(28-3)12-20(18)30-5/h7-12,14H,13H2,1-6H3,(H,22,24)/t14-/m0/s1. The molecule has 2 rings (SSSR count). The summed E-state index contributed by atoms with van der Waals surface area (Å²) < 4.78 is 46.9. The van der Waals surface area contributed by atoms with Crippen LogP contribution in [0.4, 0.5) is 5.69 Å². The van der Waals surface area contributed by atoms with E-state index in [0.29, 0.717) is 22.8 Å². The average molecular weight is 453 g/mol. The van der Waals surface area contributed by atoms with Gasteiger partial charge >= 0.3 is 0 Å². The Morgan fingerprint density at radius 1 is 0.935 bits per heavy atom. The van der Waals surface area contributed by atoms with Gasteiger partial charge in [0.15, 0.2) is 0 Å². The van der Waals surface area contributed by atoms with Crippen LogP contribution in [-0.2, 0) is 14.8 Å². The van der Waals surface area contributed by atoms with Gasteiger partial charge in [0.25, 0.3) is 0 Å². The lowest BCUT2D eigenvalue weighted by Gasteiger charge is -2.25. The molecule has 0 fully saturated rings. The quantitative estimate of drug-likeness (QED) is 0.590. The molecule has 170 valence electrons. The summed E-state index contributed by atoms with van der Waals surface area (Å²) in [6.45, 7) is 1.34. The Morgan fingerprint density at radius 3 is 2.06 bits per heavy atom. The number of ether oxygens (including phenoxy) is 4. The van der Waals surface area contributed by atoms with Gasteiger partial charge < -0.3 is 24.3 Å². The van der Waals surface area contributed by atoms with Crippen molar-refractivity contribution >= 4 is 21.6 Å². The number of nitrogens with one attached hydrogen (secondary N) is 1. The van der Waals surface area contributed by atoms with Crippen molar-refractivity contribution < 1.29 is 32.2 Å². The molecular weight excluding hydrogens is 424 g/mol. The highest BCUT2D eigenvalue weighted by molar-refractivity contribution is 7.92. The first kappa shape index (κ1) is 24.1. The van der Waals surface area contributed by atoms with Crippen LogP contribution < -0.4 is 28.6 Å². The fourth-order valence-corrected chi connectivity index (χ4v) is 3.91. The largest absolute Gasteiger partial charge is 0.497 e. The Hall–Kier alpha value is -3.14. The van der Waals surface area contributed by atoms with Gasteiger partial charge in [0.2, 0.25) is 15.9 Å². The van der Waals surface area contributed by atoms with E-state index < -0.39 is 28.5 Å². The third-order valence-corrected chi connectivity index (χ3v) is 5.75. The molecule has 1 amide bonds. The minimum absolute atomic E-state index is 0.229. The van der Waals surface area contributed by atoms with E-state index in [-0.39, 0.29) is 11.4 Å². The summed E-state index contributed by atoms with van der Waals surface area (Å²) in [5.41, 5.74) is 0.927. The van der Waals surface area contributed by atoms with E-state index in [9.17, 15) is 13.2 Å². The molecule has 1 atom stereocenters. The number of hydrogen-bond donors (Lipinski definition) is 1. The van der Waals surface area contributed by atoms with E-state index in [0.717, 1.165) is 10.6 Å². The fraction of sp³-hybridized carbons (Fsp3) is 0.381. The Kier molecular flexibility index (Phi) is 7.98.